The topological polar surface area (TPSA) is 74.6 Å². The molecule has 42 valence electrons. The predicted octanol–water partition coefficient (Wildman–Crippen LogP) is -2.90. The quantitative estimate of drug-likeness (QED) is 0.267. The molecule has 0 radical (unpaired) electrons. The van der Waals surface area contributed by atoms with Crippen molar-refractivity contribution in [1.82, 2.24) is 0 Å². The molecule has 0 spiro atoms. The molecule has 0 unspecified atom stereocenters. The van der Waals surface area contributed by atoms with Crippen molar-refractivity contribution in [3.63, 3.8) is 0 Å². The molecule has 0 amide bonds. The maximum Gasteiger partial charge on any atom is 1.00 e. The van der Waals surface area contributed by atoms with Crippen LogP contribution in [0.5, 0.6) is 0 Å². The first-order valence-corrected chi connectivity index (χ1v) is 2.10. The van der Waals surface area contributed by atoms with Crippen molar-refractivity contribution in [2.45, 2.75) is 7.43 Å². The molecule has 0 rings (SSSR count). The first kappa shape index (κ1) is 15.7. The van der Waals surface area contributed by atoms with Gasteiger partial charge in [-0.15, -0.1) is 0 Å². The molecule has 0 atom stereocenters. The van der Waals surface area contributed by atoms with Crippen LogP contribution in [0.3, 0.4) is 0 Å². The van der Waals surface area contributed by atoms with Gasteiger partial charge in [0, 0.05) is 0 Å². The summed E-state index contributed by atoms with van der Waals surface area (Å²) in [6, 6.07) is 0. The van der Waals surface area contributed by atoms with Crippen LogP contribution in [-0.4, -0.2) is 17.5 Å². The van der Waals surface area contributed by atoms with Gasteiger partial charge in [0.25, 0.3) is 0 Å². The Kier molecular flexibility index (Phi) is 10.3. The normalized spacial score (nSPS) is 8.29. The van der Waals surface area contributed by atoms with E-state index in [4.69, 9.17) is 17.5 Å². The average Bonchev–Trinajstić information content (AvgIpc) is 0.722. The summed E-state index contributed by atoms with van der Waals surface area (Å²) < 4.78 is 31.6. The van der Waals surface area contributed by atoms with Crippen LogP contribution in [-0.2, 0) is 10.4 Å². The first-order chi connectivity index (χ1) is 2.00. The van der Waals surface area contributed by atoms with Gasteiger partial charge in [0.2, 0.25) is 0 Å². The molecule has 2 N–H and O–H groups in total. The summed E-state index contributed by atoms with van der Waals surface area (Å²) in [6.07, 6.45) is 0. The Labute approximate surface area is 56.2 Å². The van der Waals surface area contributed by atoms with Crippen molar-refractivity contribution in [3.8, 4) is 0 Å². The van der Waals surface area contributed by atoms with Gasteiger partial charge >= 0.3 is 29.3 Å². The zero-order chi connectivity index (χ0) is 4.50. The summed E-state index contributed by atoms with van der Waals surface area (Å²) in [7, 11) is -4.67. The molecule has 0 aliphatic carbocycles. The van der Waals surface area contributed by atoms with Gasteiger partial charge in [-0.25, -0.2) is 0 Å². The molecule has 0 aliphatic heterocycles. The molecule has 0 saturated heterocycles. The maximum atomic E-state index is 8.74. The SMILES string of the molecule is C.O=S(=O)(O)O.[H-].[Li+]. The maximum absolute atomic E-state index is 8.74. The average molecular weight is 122 g/mol. The molecule has 6 heteroatoms. The van der Waals surface area contributed by atoms with Crippen LogP contribution < -0.4 is 18.9 Å². The van der Waals surface area contributed by atoms with Crippen LogP contribution in [0, 0.1) is 0 Å². The zero-order valence-corrected chi connectivity index (χ0v) is 3.94. The van der Waals surface area contributed by atoms with E-state index in [2.05, 4.69) is 0 Å². The first-order valence-electron chi connectivity index (χ1n) is 0.698. The summed E-state index contributed by atoms with van der Waals surface area (Å²) in [5, 5.41) is 0. The minimum absolute atomic E-state index is 0. The predicted molar refractivity (Wildman–Crippen MR) is 22.0 cm³/mol. The Balaban J connectivity index is -0.0000000267. The van der Waals surface area contributed by atoms with Gasteiger partial charge < -0.3 is 1.43 Å². The van der Waals surface area contributed by atoms with Gasteiger partial charge in [-0.1, -0.05) is 7.43 Å². The van der Waals surface area contributed by atoms with Gasteiger partial charge in [-0.05, 0) is 0 Å². The van der Waals surface area contributed by atoms with E-state index < -0.39 is 10.4 Å². The van der Waals surface area contributed by atoms with Crippen molar-refractivity contribution < 1.29 is 37.8 Å². The second kappa shape index (κ2) is 4.62. The van der Waals surface area contributed by atoms with E-state index >= 15 is 0 Å². The van der Waals surface area contributed by atoms with Crippen LogP contribution in [0.1, 0.15) is 8.85 Å². The second-order valence-electron chi connectivity index (χ2n) is 0.448. The Hall–Kier alpha value is 0.467. The molecular weight excluding hydrogens is 115 g/mol. The van der Waals surface area contributed by atoms with Crippen LogP contribution >= 0.6 is 0 Å². The zero-order valence-electron chi connectivity index (χ0n) is 4.12. The number of hydrogen-bond acceptors (Lipinski definition) is 2. The van der Waals surface area contributed by atoms with E-state index in [0.29, 0.717) is 0 Å². The molecule has 7 heavy (non-hydrogen) atoms. The molecule has 0 aromatic rings. The molecule has 0 saturated carbocycles. The van der Waals surface area contributed by atoms with Crippen molar-refractivity contribution in [2.24, 2.45) is 0 Å². The second-order valence-corrected chi connectivity index (χ2v) is 1.34. The summed E-state index contributed by atoms with van der Waals surface area (Å²) >= 11 is 0. The van der Waals surface area contributed by atoms with E-state index in [-0.39, 0.29) is 27.7 Å². The van der Waals surface area contributed by atoms with Crippen molar-refractivity contribution >= 4 is 10.4 Å². The molecule has 0 heterocycles. The summed E-state index contributed by atoms with van der Waals surface area (Å²) in [5.74, 6) is 0. The van der Waals surface area contributed by atoms with E-state index in [1.807, 2.05) is 0 Å². The van der Waals surface area contributed by atoms with Crippen LogP contribution in [0.15, 0.2) is 0 Å². The van der Waals surface area contributed by atoms with E-state index in [0.717, 1.165) is 0 Å². The Bertz CT molecular complexity index is 99.2. The van der Waals surface area contributed by atoms with Crippen molar-refractivity contribution in [2.75, 3.05) is 0 Å². The van der Waals surface area contributed by atoms with Crippen LogP contribution in [0.2, 0.25) is 0 Å². The minimum Gasteiger partial charge on any atom is -1.00 e. The molecule has 0 aromatic heterocycles. The van der Waals surface area contributed by atoms with Crippen LogP contribution in [0.25, 0.3) is 0 Å². The number of hydrogen-bond donors (Lipinski definition) is 2. The van der Waals surface area contributed by atoms with E-state index in [1.54, 1.807) is 0 Å². The molecule has 0 aliphatic rings. The Morgan fingerprint density at radius 2 is 1.29 bits per heavy atom. The molecule has 0 fully saturated rings. The molecule has 0 bridgehead atoms. The molecular formula is CH7LiO4S. The third-order valence-corrected chi connectivity index (χ3v) is 0. The van der Waals surface area contributed by atoms with Gasteiger partial charge in [0.15, 0.2) is 0 Å². The van der Waals surface area contributed by atoms with Gasteiger partial charge in [-0.3, -0.25) is 9.11 Å². The fourth-order valence-corrected chi connectivity index (χ4v) is 0. The summed E-state index contributed by atoms with van der Waals surface area (Å²) in [4.78, 5) is 0. The number of rotatable bonds is 0. The van der Waals surface area contributed by atoms with E-state index in [1.165, 1.54) is 0 Å². The smallest absolute Gasteiger partial charge is 1.00 e. The van der Waals surface area contributed by atoms with E-state index in [9.17, 15) is 0 Å². The minimum atomic E-state index is -4.67. The van der Waals surface area contributed by atoms with Gasteiger partial charge in [0.05, 0.1) is 0 Å². The van der Waals surface area contributed by atoms with Crippen molar-refractivity contribution in [3.05, 3.63) is 0 Å². The molecule has 0 aromatic carbocycles. The largest absolute Gasteiger partial charge is 1.00 e. The van der Waals surface area contributed by atoms with Gasteiger partial charge in [-0.2, -0.15) is 8.42 Å². The third kappa shape index (κ3) is 591. The van der Waals surface area contributed by atoms with Crippen molar-refractivity contribution in [1.29, 1.82) is 0 Å². The fourth-order valence-electron chi connectivity index (χ4n) is 0. The van der Waals surface area contributed by atoms with Gasteiger partial charge in [0.1, 0.15) is 0 Å². The standard InChI is InChI=1S/CH4.Li.H2O4S.H/c;;1-5(2,3)4;/h1H4;;(H2,1,2,3,4);/q;+1;;-1. The molecule has 4 nitrogen and oxygen atoms in total. The Morgan fingerprint density at radius 3 is 1.29 bits per heavy atom. The Morgan fingerprint density at radius 1 is 1.29 bits per heavy atom. The monoisotopic (exact) mass is 122 g/mol. The fraction of sp³-hybridized carbons (Fsp3) is 1.00. The van der Waals surface area contributed by atoms with Crippen LogP contribution in [0.4, 0.5) is 0 Å². The third-order valence-electron chi connectivity index (χ3n) is 0. The summed E-state index contributed by atoms with van der Waals surface area (Å²) in [6.45, 7) is 0. The summed E-state index contributed by atoms with van der Waals surface area (Å²) in [5.41, 5.74) is 0.